The predicted octanol–water partition coefficient (Wildman–Crippen LogP) is 3.08. The van der Waals surface area contributed by atoms with E-state index in [2.05, 4.69) is 43.1 Å². The second-order valence-electron chi connectivity index (χ2n) is 3.76. The predicted molar refractivity (Wildman–Crippen MR) is 66.4 cm³/mol. The van der Waals surface area contributed by atoms with Crippen molar-refractivity contribution in [1.29, 1.82) is 0 Å². The van der Waals surface area contributed by atoms with Crippen LogP contribution in [0.3, 0.4) is 0 Å². The van der Waals surface area contributed by atoms with Gasteiger partial charge < -0.3 is 5.32 Å². The van der Waals surface area contributed by atoms with Gasteiger partial charge in [-0.15, -0.1) is 11.3 Å². The molecule has 2 heterocycles. The number of hydrogen-bond donors (Lipinski definition) is 1. The second-order valence-corrected chi connectivity index (χ2v) is 6.43. The lowest BCUT2D eigenvalue weighted by Crippen LogP contribution is -2.34. The zero-order chi connectivity index (χ0) is 9.97. The number of aryl methyl sites for hydroxylation is 1. The quantitative estimate of drug-likeness (QED) is 0.833. The highest BCUT2D eigenvalue weighted by Crippen LogP contribution is 2.30. The first-order valence-electron chi connectivity index (χ1n) is 5.23. The molecule has 1 aliphatic heterocycles. The zero-order valence-corrected chi connectivity index (χ0v) is 10.4. The van der Waals surface area contributed by atoms with E-state index in [4.69, 9.17) is 0 Å². The van der Waals surface area contributed by atoms with Crippen molar-refractivity contribution in [3.05, 3.63) is 21.9 Å². The third kappa shape index (κ3) is 2.33. The molecule has 1 fully saturated rings. The number of thioether (sulfide) groups is 1. The molecule has 0 bridgehead atoms. The highest BCUT2D eigenvalue weighted by Gasteiger charge is 2.20. The molecule has 0 aromatic carbocycles. The van der Waals surface area contributed by atoms with Gasteiger partial charge >= 0.3 is 0 Å². The maximum atomic E-state index is 3.61. The Morgan fingerprint density at radius 1 is 1.50 bits per heavy atom. The van der Waals surface area contributed by atoms with E-state index in [0.29, 0.717) is 6.04 Å². The summed E-state index contributed by atoms with van der Waals surface area (Å²) in [5.41, 5.74) is 0. The fourth-order valence-electron chi connectivity index (χ4n) is 1.64. The molecule has 78 valence electrons. The van der Waals surface area contributed by atoms with E-state index in [1.807, 2.05) is 11.3 Å². The summed E-state index contributed by atoms with van der Waals surface area (Å²) in [7, 11) is 0. The molecule has 1 N–H and O–H groups in total. The number of thiophene rings is 1. The molecule has 3 heteroatoms. The SMILES string of the molecule is CCc1ccc(C2CSC(C)CN2)s1. The number of hydrogen-bond acceptors (Lipinski definition) is 3. The Labute approximate surface area is 94.3 Å². The topological polar surface area (TPSA) is 12.0 Å². The minimum absolute atomic E-state index is 0.599. The van der Waals surface area contributed by atoms with Gasteiger partial charge in [0.15, 0.2) is 0 Å². The summed E-state index contributed by atoms with van der Waals surface area (Å²) in [5.74, 6) is 1.23. The fraction of sp³-hybridized carbons (Fsp3) is 0.636. The first-order chi connectivity index (χ1) is 6.79. The maximum Gasteiger partial charge on any atom is 0.0507 e. The first kappa shape index (κ1) is 10.5. The standard InChI is InChI=1S/C11H17NS2/c1-3-9-4-5-11(14-9)10-7-13-8(2)6-12-10/h4-5,8,10,12H,3,6-7H2,1-2H3. The van der Waals surface area contributed by atoms with Gasteiger partial charge in [0.2, 0.25) is 0 Å². The van der Waals surface area contributed by atoms with Crippen LogP contribution in [0.5, 0.6) is 0 Å². The van der Waals surface area contributed by atoms with Gasteiger partial charge in [0.25, 0.3) is 0 Å². The summed E-state index contributed by atoms with van der Waals surface area (Å²) in [6, 6.07) is 5.16. The van der Waals surface area contributed by atoms with E-state index in [-0.39, 0.29) is 0 Å². The van der Waals surface area contributed by atoms with E-state index in [1.54, 1.807) is 0 Å². The van der Waals surface area contributed by atoms with Gasteiger partial charge in [-0.2, -0.15) is 11.8 Å². The lowest BCUT2D eigenvalue weighted by atomic mass is 10.2. The summed E-state index contributed by atoms with van der Waals surface area (Å²) >= 11 is 4.05. The van der Waals surface area contributed by atoms with Crippen LogP contribution in [0.1, 0.15) is 29.6 Å². The molecular formula is C11H17NS2. The molecule has 1 aromatic heterocycles. The Hall–Kier alpha value is 0.01000. The summed E-state index contributed by atoms with van der Waals surface area (Å²) in [6.45, 7) is 5.66. The van der Waals surface area contributed by atoms with Crippen LogP contribution in [-0.4, -0.2) is 17.5 Å². The lowest BCUT2D eigenvalue weighted by molar-refractivity contribution is 0.571. The van der Waals surface area contributed by atoms with Crippen molar-refractivity contribution in [1.82, 2.24) is 5.32 Å². The maximum absolute atomic E-state index is 3.61. The molecule has 0 spiro atoms. The van der Waals surface area contributed by atoms with Crippen LogP contribution in [0.2, 0.25) is 0 Å². The summed E-state index contributed by atoms with van der Waals surface area (Å²) < 4.78 is 0. The van der Waals surface area contributed by atoms with Gasteiger partial charge in [-0.1, -0.05) is 13.8 Å². The van der Waals surface area contributed by atoms with Crippen LogP contribution in [0.15, 0.2) is 12.1 Å². The first-order valence-corrected chi connectivity index (χ1v) is 7.09. The zero-order valence-electron chi connectivity index (χ0n) is 8.75. The molecule has 2 rings (SSSR count). The van der Waals surface area contributed by atoms with E-state index in [1.165, 1.54) is 21.9 Å². The molecule has 0 saturated carbocycles. The molecule has 0 amide bonds. The van der Waals surface area contributed by atoms with Crippen LogP contribution in [0.25, 0.3) is 0 Å². The van der Waals surface area contributed by atoms with Gasteiger partial charge in [-0.05, 0) is 18.6 Å². The van der Waals surface area contributed by atoms with E-state index in [9.17, 15) is 0 Å². The molecule has 1 aromatic rings. The van der Waals surface area contributed by atoms with Crippen LogP contribution >= 0.6 is 23.1 Å². The Kier molecular flexibility index (Phi) is 3.52. The minimum Gasteiger partial charge on any atom is -0.307 e. The molecule has 1 saturated heterocycles. The number of nitrogens with one attached hydrogen (secondary N) is 1. The molecule has 1 aliphatic rings. The normalized spacial score (nSPS) is 27.9. The average Bonchev–Trinajstić information content (AvgIpc) is 2.67. The summed E-state index contributed by atoms with van der Waals surface area (Å²) in [4.78, 5) is 3.02. The monoisotopic (exact) mass is 227 g/mol. The molecule has 2 atom stereocenters. The Balaban J connectivity index is 2.01. The third-order valence-electron chi connectivity index (χ3n) is 2.57. The van der Waals surface area contributed by atoms with Crippen LogP contribution in [-0.2, 0) is 6.42 Å². The molecule has 14 heavy (non-hydrogen) atoms. The van der Waals surface area contributed by atoms with Crippen molar-refractivity contribution in [2.24, 2.45) is 0 Å². The van der Waals surface area contributed by atoms with Crippen molar-refractivity contribution in [2.75, 3.05) is 12.3 Å². The molecular weight excluding hydrogens is 210 g/mol. The molecule has 0 radical (unpaired) electrons. The largest absolute Gasteiger partial charge is 0.307 e. The van der Waals surface area contributed by atoms with Gasteiger partial charge in [-0.3, -0.25) is 0 Å². The smallest absolute Gasteiger partial charge is 0.0507 e. The van der Waals surface area contributed by atoms with Crippen LogP contribution in [0, 0.1) is 0 Å². The van der Waals surface area contributed by atoms with Gasteiger partial charge in [0.05, 0.1) is 6.04 Å². The highest BCUT2D eigenvalue weighted by atomic mass is 32.2. The Morgan fingerprint density at radius 3 is 2.93 bits per heavy atom. The van der Waals surface area contributed by atoms with Crippen molar-refractivity contribution in [3.63, 3.8) is 0 Å². The summed E-state index contributed by atoms with van der Waals surface area (Å²) in [6.07, 6.45) is 1.17. The van der Waals surface area contributed by atoms with Crippen LogP contribution < -0.4 is 5.32 Å². The van der Waals surface area contributed by atoms with Crippen molar-refractivity contribution < 1.29 is 0 Å². The van der Waals surface area contributed by atoms with Gasteiger partial charge in [0, 0.05) is 27.3 Å². The fourth-order valence-corrected chi connectivity index (χ4v) is 3.81. The van der Waals surface area contributed by atoms with E-state index >= 15 is 0 Å². The minimum atomic E-state index is 0.599. The third-order valence-corrected chi connectivity index (χ3v) is 5.18. The van der Waals surface area contributed by atoms with Gasteiger partial charge in [-0.25, -0.2) is 0 Å². The lowest BCUT2D eigenvalue weighted by Gasteiger charge is -2.26. The van der Waals surface area contributed by atoms with E-state index < -0.39 is 0 Å². The van der Waals surface area contributed by atoms with Crippen molar-refractivity contribution in [3.8, 4) is 0 Å². The van der Waals surface area contributed by atoms with Crippen molar-refractivity contribution in [2.45, 2.75) is 31.6 Å². The van der Waals surface area contributed by atoms with Crippen LogP contribution in [0.4, 0.5) is 0 Å². The number of rotatable bonds is 2. The molecule has 2 unspecified atom stereocenters. The Morgan fingerprint density at radius 2 is 2.36 bits per heavy atom. The molecule has 1 nitrogen and oxygen atoms in total. The van der Waals surface area contributed by atoms with E-state index in [0.717, 1.165) is 11.8 Å². The highest BCUT2D eigenvalue weighted by molar-refractivity contribution is 8.00. The Bertz CT molecular complexity index is 287. The molecule has 0 aliphatic carbocycles. The van der Waals surface area contributed by atoms with Crippen molar-refractivity contribution >= 4 is 23.1 Å². The average molecular weight is 227 g/mol. The summed E-state index contributed by atoms with van der Waals surface area (Å²) in [5, 5.41) is 4.39. The second kappa shape index (κ2) is 4.69. The van der Waals surface area contributed by atoms with Gasteiger partial charge in [0.1, 0.15) is 0 Å².